The van der Waals surface area contributed by atoms with Gasteiger partial charge in [-0.3, -0.25) is 9.69 Å². The summed E-state index contributed by atoms with van der Waals surface area (Å²) in [7, 11) is 0. The fourth-order valence-corrected chi connectivity index (χ4v) is 4.85. The van der Waals surface area contributed by atoms with Crippen molar-refractivity contribution in [3.63, 3.8) is 0 Å². The van der Waals surface area contributed by atoms with Gasteiger partial charge >= 0.3 is 0 Å². The number of furan rings is 1. The second kappa shape index (κ2) is 10.1. The van der Waals surface area contributed by atoms with E-state index in [0.717, 1.165) is 55.1 Å². The maximum atomic E-state index is 12.5. The van der Waals surface area contributed by atoms with E-state index in [9.17, 15) is 9.90 Å². The maximum absolute atomic E-state index is 12.5. The van der Waals surface area contributed by atoms with E-state index in [2.05, 4.69) is 28.9 Å². The first kappa shape index (κ1) is 22.7. The average Bonchev–Trinajstić information content (AvgIpc) is 3.50. The van der Waals surface area contributed by atoms with Crippen LogP contribution < -0.4 is 14.4 Å². The molecule has 3 heterocycles. The summed E-state index contributed by atoms with van der Waals surface area (Å²) in [6, 6.07) is 13.6. The average molecular weight is 465 g/mol. The number of aliphatic hydroxyl groups excluding tert-OH is 1. The number of Topliss-reactive ketones (excluding diaryl/α,β-unsaturated/α-hetero) is 1. The van der Waals surface area contributed by atoms with Crippen molar-refractivity contribution in [1.82, 2.24) is 4.90 Å². The van der Waals surface area contributed by atoms with Gasteiger partial charge in [0, 0.05) is 56.3 Å². The second-order valence-corrected chi connectivity index (χ2v) is 9.09. The number of hydrogen-bond donors (Lipinski definition) is 1. The molecule has 2 aromatic carbocycles. The molecule has 0 spiro atoms. The standard InChI is InChI=1S/C27H32N2O5/c1-2-19-14-26-27(33-18-32-26)16-22(19)29-12-10-28(11-13-29)17-21(30)7-5-8-23(31)25-15-20-6-3-4-9-24(20)34-25/h3-4,6,9,14-16,21,30H,2,5,7-8,10-13,17-18H2,1H3. The number of ether oxygens (including phenoxy) is 2. The Balaban J connectivity index is 1.07. The molecule has 2 aliphatic rings. The van der Waals surface area contributed by atoms with E-state index in [-0.39, 0.29) is 12.6 Å². The third-order valence-electron chi connectivity index (χ3n) is 6.78. The highest BCUT2D eigenvalue weighted by Crippen LogP contribution is 2.39. The van der Waals surface area contributed by atoms with Crippen LogP contribution in [-0.4, -0.2) is 61.4 Å². The maximum Gasteiger partial charge on any atom is 0.231 e. The van der Waals surface area contributed by atoms with Crippen LogP contribution in [0.5, 0.6) is 11.5 Å². The summed E-state index contributed by atoms with van der Waals surface area (Å²) in [5.41, 5.74) is 3.22. The lowest BCUT2D eigenvalue weighted by Crippen LogP contribution is -2.48. The highest BCUT2D eigenvalue weighted by Gasteiger charge is 2.24. The number of carbonyl (C=O) groups excluding carboxylic acids is 1. The van der Waals surface area contributed by atoms with Gasteiger partial charge in [-0.2, -0.15) is 0 Å². The highest BCUT2D eigenvalue weighted by molar-refractivity contribution is 5.97. The van der Waals surface area contributed by atoms with Gasteiger partial charge < -0.3 is 23.9 Å². The summed E-state index contributed by atoms with van der Waals surface area (Å²) in [5, 5.41) is 11.5. The van der Waals surface area contributed by atoms with Crippen LogP contribution in [-0.2, 0) is 6.42 Å². The third-order valence-corrected chi connectivity index (χ3v) is 6.78. The van der Waals surface area contributed by atoms with Gasteiger partial charge in [-0.1, -0.05) is 25.1 Å². The molecule has 0 radical (unpaired) electrons. The Labute approximate surface area is 199 Å². The van der Waals surface area contributed by atoms with Crippen LogP contribution in [0.3, 0.4) is 0 Å². The van der Waals surface area contributed by atoms with Gasteiger partial charge in [0.05, 0.1) is 6.10 Å². The molecule has 2 aliphatic heterocycles. The van der Waals surface area contributed by atoms with Crippen LogP contribution in [0.15, 0.2) is 46.9 Å². The van der Waals surface area contributed by atoms with Crippen LogP contribution in [0.1, 0.15) is 42.3 Å². The largest absolute Gasteiger partial charge is 0.454 e. The zero-order valence-corrected chi connectivity index (χ0v) is 19.7. The summed E-state index contributed by atoms with van der Waals surface area (Å²) in [6.45, 7) is 6.69. The summed E-state index contributed by atoms with van der Waals surface area (Å²) < 4.78 is 16.8. The van der Waals surface area contributed by atoms with Crippen molar-refractivity contribution < 1.29 is 23.8 Å². The van der Waals surface area contributed by atoms with Gasteiger partial charge in [0.1, 0.15) is 5.58 Å². The normalized spacial score (nSPS) is 16.8. The smallest absolute Gasteiger partial charge is 0.231 e. The lowest BCUT2D eigenvalue weighted by molar-refractivity contribution is 0.0899. The SMILES string of the molecule is CCc1cc2c(cc1N1CCN(CC(O)CCCC(=O)c3cc4ccccc4o3)CC1)OCO2. The first-order chi connectivity index (χ1) is 16.6. The van der Waals surface area contributed by atoms with Gasteiger partial charge in [-0.25, -0.2) is 0 Å². The molecule has 5 rings (SSSR count). The van der Waals surface area contributed by atoms with Crippen LogP contribution in [0.2, 0.25) is 0 Å². The van der Waals surface area contributed by atoms with Gasteiger partial charge in [0.2, 0.25) is 6.79 Å². The number of ketones is 1. The fourth-order valence-electron chi connectivity index (χ4n) is 4.85. The molecule has 1 unspecified atom stereocenters. The molecule has 0 aliphatic carbocycles. The number of fused-ring (bicyclic) bond motifs is 2. The minimum Gasteiger partial charge on any atom is -0.454 e. The molecular weight excluding hydrogens is 432 g/mol. The second-order valence-electron chi connectivity index (χ2n) is 9.09. The van der Waals surface area contributed by atoms with E-state index in [1.54, 1.807) is 6.07 Å². The minimum atomic E-state index is -0.438. The van der Waals surface area contributed by atoms with Crippen LogP contribution in [0.25, 0.3) is 11.0 Å². The number of aryl methyl sites for hydroxylation is 1. The molecule has 3 aromatic rings. The van der Waals surface area contributed by atoms with Crippen molar-refractivity contribution >= 4 is 22.4 Å². The molecule has 0 amide bonds. The van der Waals surface area contributed by atoms with E-state index in [0.29, 0.717) is 31.6 Å². The van der Waals surface area contributed by atoms with Gasteiger partial charge in [-0.05, 0) is 43.0 Å². The van der Waals surface area contributed by atoms with Crippen molar-refractivity contribution in [2.45, 2.75) is 38.7 Å². The Morgan fingerprint density at radius 3 is 2.59 bits per heavy atom. The summed E-state index contributed by atoms with van der Waals surface area (Å²) in [6.07, 6.45) is 2.14. The summed E-state index contributed by atoms with van der Waals surface area (Å²) in [5.74, 6) is 2.05. The minimum absolute atomic E-state index is 0.00697. The Kier molecular flexibility index (Phi) is 6.74. The van der Waals surface area contributed by atoms with Crippen molar-refractivity contribution in [3.8, 4) is 11.5 Å². The van der Waals surface area contributed by atoms with Crippen molar-refractivity contribution in [2.24, 2.45) is 0 Å². The number of piperazine rings is 1. The van der Waals surface area contributed by atoms with Crippen molar-refractivity contribution in [1.29, 1.82) is 0 Å². The number of rotatable bonds is 9. The number of benzene rings is 2. The van der Waals surface area contributed by atoms with Crippen LogP contribution in [0.4, 0.5) is 5.69 Å². The molecule has 1 N–H and O–H groups in total. The molecule has 1 atom stereocenters. The molecular formula is C27H32N2O5. The quantitative estimate of drug-likeness (QED) is 0.474. The molecule has 1 aromatic heterocycles. The lowest BCUT2D eigenvalue weighted by Gasteiger charge is -2.37. The topological polar surface area (TPSA) is 75.4 Å². The van der Waals surface area contributed by atoms with Crippen molar-refractivity contribution in [3.05, 3.63) is 53.8 Å². The van der Waals surface area contributed by atoms with E-state index < -0.39 is 6.10 Å². The molecule has 0 saturated carbocycles. The molecule has 1 fully saturated rings. The first-order valence-electron chi connectivity index (χ1n) is 12.2. The Morgan fingerprint density at radius 2 is 1.82 bits per heavy atom. The zero-order valence-electron chi connectivity index (χ0n) is 19.7. The predicted molar refractivity (Wildman–Crippen MR) is 131 cm³/mol. The molecule has 34 heavy (non-hydrogen) atoms. The Morgan fingerprint density at radius 1 is 1.06 bits per heavy atom. The molecule has 180 valence electrons. The summed E-state index contributed by atoms with van der Waals surface area (Å²) >= 11 is 0. The van der Waals surface area contributed by atoms with Crippen LogP contribution >= 0.6 is 0 Å². The number of anilines is 1. The number of carbonyl (C=O) groups is 1. The van der Waals surface area contributed by atoms with E-state index in [1.165, 1.54) is 11.3 Å². The molecule has 0 bridgehead atoms. The summed E-state index contributed by atoms with van der Waals surface area (Å²) in [4.78, 5) is 17.2. The number of β-amino-alcohol motifs (C(OH)–C–C–N with tert-alkyl or cyclic N) is 1. The van der Waals surface area contributed by atoms with E-state index in [4.69, 9.17) is 13.9 Å². The highest BCUT2D eigenvalue weighted by atomic mass is 16.7. The number of para-hydroxylation sites is 1. The van der Waals surface area contributed by atoms with Gasteiger partial charge in [-0.15, -0.1) is 0 Å². The third kappa shape index (κ3) is 4.91. The molecule has 1 saturated heterocycles. The number of nitrogens with zero attached hydrogens (tertiary/aromatic N) is 2. The first-order valence-corrected chi connectivity index (χ1v) is 12.2. The monoisotopic (exact) mass is 464 g/mol. The van der Waals surface area contributed by atoms with Crippen LogP contribution in [0, 0.1) is 0 Å². The van der Waals surface area contributed by atoms with Gasteiger partial charge in [0.25, 0.3) is 0 Å². The number of hydrogen-bond acceptors (Lipinski definition) is 7. The zero-order chi connectivity index (χ0) is 23.5. The lowest BCUT2D eigenvalue weighted by atomic mass is 10.1. The van der Waals surface area contributed by atoms with Gasteiger partial charge in [0.15, 0.2) is 23.0 Å². The Hall–Kier alpha value is -3.03. The van der Waals surface area contributed by atoms with Crippen molar-refractivity contribution in [2.75, 3.05) is 44.4 Å². The van der Waals surface area contributed by atoms with E-state index in [1.807, 2.05) is 24.3 Å². The molecule has 7 nitrogen and oxygen atoms in total. The predicted octanol–water partition coefficient (Wildman–Crippen LogP) is 4.26. The Bertz CT molecular complexity index is 1120. The fraction of sp³-hybridized carbons (Fsp3) is 0.444. The number of aliphatic hydroxyl groups is 1. The van der Waals surface area contributed by atoms with E-state index >= 15 is 0 Å². The molecule has 7 heteroatoms.